The molecule has 18 heavy (non-hydrogen) atoms. The fourth-order valence-electron chi connectivity index (χ4n) is 1.68. The van der Waals surface area contributed by atoms with Crippen molar-refractivity contribution in [2.24, 2.45) is 0 Å². The molecule has 0 aliphatic carbocycles. The van der Waals surface area contributed by atoms with Gasteiger partial charge in [-0.25, -0.2) is 9.97 Å². The van der Waals surface area contributed by atoms with Crippen LogP contribution in [0.25, 0.3) is 0 Å². The Labute approximate surface area is 107 Å². The van der Waals surface area contributed by atoms with E-state index in [9.17, 15) is 5.11 Å². The van der Waals surface area contributed by atoms with Gasteiger partial charge < -0.3 is 10.4 Å². The molecule has 2 N–H and O–H groups in total. The Morgan fingerprint density at radius 2 is 1.94 bits per heavy atom. The molecule has 1 heterocycles. The lowest BCUT2D eigenvalue weighted by Crippen LogP contribution is -2.02. The van der Waals surface area contributed by atoms with Gasteiger partial charge in [0.15, 0.2) is 0 Å². The third kappa shape index (κ3) is 2.84. The summed E-state index contributed by atoms with van der Waals surface area (Å²) in [5, 5.41) is 12.5. The largest absolute Gasteiger partial charge is 0.391 e. The van der Waals surface area contributed by atoms with Crippen molar-refractivity contribution in [2.45, 2.75) is 26.9 Å². The van der Waals surface area contributed by atoms with E-state index in [1.807, 2.05) is 19.1 Å². The number of aliphatic hydroxyl groups excluding tert-OH is 1. The van der Waals surface area contributed by atoms with E-state index in [1.165, 1.54) is 5.56 Å². The number of hydrogen-bond donors (Lipinski definition) is 2. The molecule has 2 rings (SSSR count). The third-order valence-corrected chi connectivity index (χ3v) is 2.78. The maximum Gasteiger partial charge on any atom is 0.139 e. The fraction of sp³-hybridized carbons (Fsp3) is 0.286. The molecule has 2 aromatic rings. The highest BCUT2D eigenvalue weighted by Gasteiger charge is 2.05. The Kier molecular flexibility index (Phi) is 3.89. The Bertz CT molecular complexity index is 523. The summed E-state index contributed by atoms with van der Waals surface area (Å²) in [6.07, 6.45) is 2.67. The molecule has 0 atom stereocenters. The predicted molar refractivity (Wildman–Crippen MR) is 71.8 cm³/mol. The van der Waals surface area contributed by atoms with Crippen LogP contribution in [0, 0.1) is 6.92 Å². The highest BCUT2D eigenvalue weighted by molar-refractivity contribution is 5.59. The molecule has 4 nitrogen and oxygen atoms in total. The molecule has 0 amide bonds. The molecule has 0 bridgehead atoms. The number of hydrogen-bond acceptors (Lipinski definition) is 4. The zero-order chi connectivity index (χ0) is 13.0. The van der Waals surface area contributed by atoms with Gasteiger partial charge in [-0.05, 0) is 31.0 Å². The van der Waals surface area contributed by atoms with Crippen LogP contribution in [0.3, 0.4) is 0 Å². The Morgan fingerprint density at radius 1 is 1.22 bits per heavy atom. The molecule has 0 unspecified atom stereocenters. The molecule has 1 aromatic heterocycles. The smallest absolute Gasteiger partial charge is 0.139 e. The van der Waals surface area contributed by atoms with Gasteiger partial charge in [0, 0.05) is 17.4 Å². The second kappa shape index (κ2) is 5.60. The van der Waals surface area contributed by atoms with Crippen LogP contribution in [0.2, 0.25) is 0 Å². The van der Waals surface area contributed by atoms with Crippen molar-refractivity contribution in [3.63, 3.8) is 0 Å². The van der Waals surface area contributed by atoms with Gasteiger partial charge in [-0.1, -0.05) is 19.1 Å². The van der Waals surface area contributed by atoms with Gasteiger partial charge >= 0.3 is 0 Å². The number of anilines is 2. The number of aromatic nitrogens is 2. The molecule has 0 spiro atoms. The highest BCUT2D eigenvalue weighted by Crippen LogP contribution is 2.19. The van der Waals surface area contributed by atoms with Crippen LogP contribution in [0.15, 0.2) is 30.5 Å². The van der Waals surface area contributed by atoms with Gasteiger partial charge in [-0.15, -0.1) is 0 Å². The number of nitrogens with one attached hydrogen (secondary N) is 1. The van der Waals surface area contributed by atoms with Crippen LogP contribution in [0.5, 0.6) is 0 Å². The van der Waals surface area contributed by atoms with Crippen molar-refractivity contribution in [1.82, 2.24) is 9.97 Å². The van der Waals surface area contributed by atoms with E-state index in [-0.39, 0.29) is 6.61 Å². The first-order valence-electron chi connectivity index (χ1n) is 6.02. The van der Waals surface area contributed by atoms with Gasteiger partial charge in [0.1, 0.15) is 11.6 Å². The molecular formula is C14H17N3O. The zero-order valence-electron chi connectivity index (χ0n) is 10.6. The Hall–Kier alpha value is -1.94. The number of rotatable bonds is 4. The van der Waals surface area contributed by atoms with Gasteiger partial charge in [0.25, 0.3) is 0 Å². The number of nitrogens with zero attached hydrogens (tertiary/aromatic N) is 2. The lowest BCUT2D eigenvalue weighted by Gasteiger charge is -2.10. The molecule has 0 aliphatic heterocycles. The lowest BCUT2D eigenvalue weighted by molar-refractivity contribution is 0.281. The average molecular weight is 243 g/mol. The quantitative estimate of drug-likeness (QED) is 0.866. The second-order valence-corrected chi connectivity index (χ2v) is 4.12. The van der Waals surface area contributed by atoms with Crippen molar-refractivity contribution in [3.05, 3.63) is 47.4 Å². The number of aliphatic hydroxyl groups is 1. The molecule has 4 heteroatoms. The van der Waals surface area contributed by atoms with Crippen molar-refractivity contribution >= 4 is 11.5 Å². The fourth-order valence-corrected chi connectivity index (χ4v) is 1.68. The first-order valence-corrected chi connectivity index (χ1v) is 6.02. The second-order valence-electron chi connectivity index (χ2n) is 4.12. The summed E-state index contributed by atoms with van der Waals surface area (Å²) in [6.45, 7) is 3.88. The topological polar surface area (TPSA) is 58.0 Å². The van der Waals surface area contributed by atoms with E-state index in [1.54, 1.807) is 6.20 Å². The van der Waals surface area contributed by atoms with Gasteiger partial charge in [0.05, 0.1) is 6.61 Å². The summed E-state index contributed by atoms with van der Waals surface area (Å²) in [6, 6.07) is 8.18. The van der Waals surface area contributed by atoms with Crippen molar-refractivity contribution < 1.29 is 5.11 Å². The average Bonchev–Trinajstić information content (AvgIpc) is 2.40. The molecule has 0 radical (unpaired) electrons. The van der Waals surface area contributed by atoms with Gasteiger partial charge in [-0.3, -0.25) is 0 Å². The summed E-state index contributed by atoms with van der Waals surface area (Å²) in [7, 11) is 0. The maximum atomic E-state index is 9.25. The molecule has 0 saturated heterocycles. The monoisotopic (exact) mass is 243 g/mol. The van der Waals surface area contributed by atoms with Gasteiger partial charge in [-0.2, -0.15) is 0 Å². The predicted octanol–water partition coefficient (Wildman–Crippen LogP) is 2.58. The first-order chi connectivity index (χ1) is 8.72. The SMILES string of the molecule is CCc1ccc(Nc2nc(C)ncc2CO)cc1. The van der Waals surface area contributed by atoms with Gasteiger partial charge in [0.2, 0.25) is 0 Å². The third-order valence-electron chi connectivity index (χ3n) is 2.78. The minimum Gasteiger partial charge on any atom is -0.391 e. The molecular weight excluding hydrogens is 226 g/mol. The van der Waals surface area contributed by atoms with Crippen LogP contribution in [-0.2, 0) is 13.0 Å². The Morgan fingerprint density at radius 3 is 2.56 bits per heavy atom. The zero-order valence-corrected chi connectivity index (χ0v) is 10.6. The summed E-state index contributed by atoms with van der Waals surface area (Å²) < 4.78 is 0. The molecule has 1 aromatic carbocycles. The minimum absolute atomic E-state index is 0.0738. The summed E-state index contributed by atoms with van der Waals surface area (Å²) in [5.74, 6) is 1.34. The van der Waals surface area contributed by atoms with E-state index in [2.05, 4.69) is 34.3 Å². The van der Waals surface area contributed by atoms with E-state index in [0.29, 0.717) is 17.2 Å². The van der Waals surface area contributed by atoms with Crippen LogP contribution in [0.1, 0.15) is 23.9 Å². The molecule has 0 aliphatic rings. The number of benzene rings is 1. The van der Waals surface area contributed by atoms with Crippen molar-refractivity contribution in [2.75, 3.05) is 5.32 Å². The maximum absolute atomic E-state index is 9.25. The lowest BCUT2D eigenvalue weighted by atomic mass is 10.1. The number of aryl methyl sites for hydroxylation is 2. The summed E-state index contributed by atoms with van der Waals surface area (Å²) in [4.78, 5) is 8.37. The van der Waals surface area contributed by atoms with E-state index in [0.717, 1.165) is 12.1 Å². The van der Waals surface area contributed by atoms with E-state index in [4.69, 9.17) is 0 Å². The first kappa shape index (κ1) is 12.5. The minimum atomic E-state index is -0.0738. The van der Waals surface area contributed by atoms with E-state index >= 15 is 0 Å². The van der Waals surface area contributed by atoms with Crippen LogP contribution in [0.4, 0.5) is 11.5 Å². The van der Waals surface area contributed by atoms with Crippen LogP contribution in [-0.4, -0.2) is 15.1 Å². The standard InChI is InChI=1S/C14H17N3O/c1-3-11-4-6-13(7-5-11)17-14-12(9-18)8-15-10(2)16-14/h4-8,18H,3,9H2,1-2H3,(H,15,16,17). The Balaban J connectivity index is 2.24. The molecule has 0 saturated carbocycles. The van der Waals surface area contributed by atoms with Crippen LogP contribution >= 0.6 is 0 Å². The highest BCUT2D eigenvalue weighted by atomic mass is 16.3. The van der Waals surface area contributed by atoms with E-state index < -0.39 is 0 Å². The summed E-state index contributed by atoms with van der Waals surface area (Å²) in [5.41, 5.74) is 2.95. The van der Waals surface area contributed by atoms with Crippen molar-refractivity contribution in [3.8, 4) is 0 Å². The summed E-state index contributed by atoms with van der Waals surface area (Å²) >= 11 is 0. The molecule has 0 fully saturated rings. The van der Waals surface area contributed by atoms with Crippen LogP contribution < -0.4 is 5.32 Å². The van der Waals surface area contributed by atoms with Crippen molar-refractivity contribution in [1.29, 1.82) is 0 Å². The molecule has 94 valence electrons. The normalized spacial score (nSPS) is 10.4.